The Morgan fingerprint density at radius 3 is 1.42 bits per heavy atom. The Morgan fingerprint density at radius 1 is 0.333 bits per heavy atom. The van der Waals surface area contributed by atoms with Gasteiger partial charge in [0.25, 0.3) is 0 Å². The third-order valence-corrected chi connectivity index (χ3v) is 11.2. The molecule has 0 fully saturated rings. The van der Waals surface area contributed by atoms with Crippen LogP contribution in [0.2, 0.25) is 0 Å². The number of aromatic nitrogens is 4. The highest BCUT2D eigenvalue weighted by Crippen LogP contribution is 2.42. The first-order valence-electron chi connectivity index (χ1n) is 19.4. The van der Waals surface area contributed by atoms with Crippen molar-refractivity contribution in [2.24, 2.45) is 0 Å². The first-order chi connectivity index (χ1) is 28.2. The molecule has 0 saturated carbocycles. The summed E-state index contributed by atoms with van der Waals surface area (Å²) >= 11 is 0. The van der Waals surface area contributed by atoms with Crippen molar-refractivity contribution in [3.05, 3.63) is 206 Å². The molecule has 0 amide bonds. The van der Waals surface area contributed by atoms with Crippen LogP contribution in [0.3, 0.4) is 0 Å². The Labute approximate surface area is 330 Å². The van der Waals surface area contributed by atoms with E-state index < -0.39 is 0 Å². The second kappa shape index (κ2) is 13.3. The molecule has 11 aromatic rings. The number of nitrogens with zero attached hydrogens (tertiary/aromatic N) is 4. The second-order valence-corrected chi connectivity index (χ2v) is 14.7. The Morgan fingerprint density at radius 2 is 0.807 bits per heavy atom. The molecule has 8 aromatic carbocycles. The predicted octanol–water partition coefficient (Wildman–Crippen LogP) is 13.6. The molecule has 0 bridgehead atoms. The van der Waals surface area contributed by atoms with Crippen molar-refractivity contribution in [2.45, 2.75) is 6.92 Å². The summed E-state index contributed by atoms with van der Waals surface area (Å²) in [6.07, 6.45) is 0. The van der Waals surface area contributed by atoms with E-state index in [9.17, 15) is 0 Å². The van der Waals surface area contributed by atoms with Gasteiger partial charge in [-0.05, 0) is 55.5 Å². The molecule has 0 spiro atoms. The number of rotatable bonds is 6. The van der Waals surface area contributed by atoms with Gasteiger partial charge in [0.1, 0.15) is 0 Å². The van der Waals surface area contributed by atoms with Crippen LogP contribution in [0, 0.1) is 6.92 Å². The van der Waals surface area contributed by atoms with Crippen molar-refractivity contribution in [2.75, 3.05) is 0 Å². The highest BCUT2D eigenvalue weighted by Gasteiger charge is 2.22. The average molecular weight is 729 g/mol. The number of hydrogen-bond acceptors (Lipinski definition) is 2. The monoisotopic (exact) mass is 728 g/mol. The summed E-state index contributed by atoms with van der Waals surface area (Å²) in [6, 6.07) is 71.4. The van der Waals surface area contributed by atoms with Crippen molar-refractivity contribution in [3.8, 4) is 56.4 Å². The zero-order valence-electron chi connectivity index (χ0n) is 31.3. The fourth-order valence-corrected chi connectivity index (χ4v) is 8.60. The maximum Gasteiger partial charge on any atom is 0.160 e. The van der Waals surface area contributed by atoms with Crippen LogP contribution in [0.1, 0.15) is 5.56 Å². The van der Waals surface area contributed by atoms with E-state index in [0.29, 0.717) is 5.82 Å². The first kappa shape index (κ1) is 32.8. The molecule has 268 valence electrons. The van der Waals surface area contributed by atoms with Gasteiger partial charge in [-0.15, -0.1) is 0 Å². The van der Waals surface area contributed by atoms with Gasteiger partial charge in [-0.25, -0.2) is 9.97 Å². The minimum atomic E-state index is 0.676. The lowest BCUT2D eigenvalue weighted by Gasteiger charge is -2.19. The van der Waals surface area contributed by atoms with Crippen molar-refractivity contribution >= 4 is 43.6 Å². The minimum absolute atomic E-state index is 0.676. The molecule has 0 aliphatic carbocycles. The summed E-state index contributed by atoms with van der Waals surface area (Å²) in [6.45, 7) is 2.17. The standard InChI is InChI=1S/C53H36N4/c1-35-28-31-51-44(32-35)42-23-11-15-27-50(42)57(51)52-33-38(53-54-45(36-16-4-2-5-17-36)34-46(55-53)37-18-6-3-7-19-37)29-30-43(52)41-22-10-14-26-49(41)56-47-24-12-8-20-39(47)40-21-9-13-25-48(40)56/h2-34H,1H3. The van der Waals surface area contributed by atoms with Crippen LogP contribution in [0.5, 0.6) is 0 Å². The molecule has 0 saturated heterocycles. The Bertz CT molecular complexity index is 3190. The zero-order chi connectivity index (χ0) is 37.9. The molecule has 0 radical (unpaired) electrons. The molecule has 0 N–H and O–H groups in total. The third kappa shape index (κ3) is 5.45. The van der Waals surface area contributed by atoms with Gasteiger partial charge < -0.3 is 9.13 Å². The normalized spacial score (nSPS) is 11.6. The number of benzene rings is 8. The van der Waals surface area contributed by atoms with Crippen LogP contribution in [-0.2, 0) is 0 Å². The van der Waals surface area contributed by atoms with Crippen LogP contribution >= 0.6 is 0 Å². The lowest BCUT2D eigenvalue weighted by Crippen LogP contribution is -2.03. The van der Waals surface area contributed by atoms with E-state index in [-0.39, 0.29) is 0 Å². The smallest absolute Gasteiger partial charge is 0.160 e. The van der Waals surface area contributed by atoms with Gasteiger partial charge in [0.05, 0.1) is 44.8 Å². The van der Waals surface area contributed by atoms with Crippen LogP contribution in [0.25, 0.3) is 100 Å². The summed E-state index contributed by atoms with van der Waals surface area (Å²) in [7, 11) is 0. The van der Waals surface area contributed by atoms with E-state index >= 15 is 0 Å². The van der Waals surface area contributed by atoms with E-state index in [0.717, 1.165) is 61.6 Å². The van der Waals surface area contributed by atoms with Gasteiger partial charge in [-0.3, -0.25) is 0 Å². The highest BCUT2D eigenvalue weighted by molar-refractivity contribution is 6.11. The molecule has 0 unspecified atom stereocenters. The maximum absolute atomic E-state index is 5.26. The topological polar surface area (TPSA) is 35.6 Å². The molecule has 4 heteroatoms. The van der Waals surface area contributed by atoms with Crippen molar-refractivity contribution in [3.63, 3.8) is 0 Å². The minimum Gasteiger partial charge on any atom is -0.309 e. The van der Waals surface area contributed by atoms with E-state index in [1.807, 2.05) is 12.1 Å². The second-order valence-electron chi connectivity index (χ2n) is 14.7. The Balaban J connectivity index is 1.22. The average Bonchev–Trinajstić information content (AvgIpc) is 3.79. The molecule has 0 aliphatic rings. The van der Waals surface area contributed by atoms with E-state index in [4.69, 9.17) is 9.97 Å². The van der Waals surface area contributed by atoms with Gasteiger partial charge in [0.2, 0.25) is 0 Å². The summed E-state index contributed by atoms with van der Waals surface area (Å²) < 4.78 is 4.86. The molecular weight excluding hydrogens is 693 g/mol. The molecule has 3 aromatic heterocycles. The van der Waals surface area contributed by atoms with Crippen LogP contribution in [-0.4, -0.2) is 19.1 Å². The highest BCUT2D eigenvalue weighted by atomic mass is 15.0. The molecule has 4 nitrogen and oxygen atoms in total. The Hall–Kier alpha value is -7.56. The van der Waals surface area contributed by atoms with E-state index in [1.165, 1.54) is 38.1 Å². The molecule has 11 rings (SSSR count). The lowest BCUT2D eigenvalue weighted by atomic mass is 9.98. The first-order valence-corrected chi connectivity index (χ1v) is 19.4. The van der Waals surface area contributed by atoms with Gasteiger partial charge >= 0.3 is 0 Å². The van der Waals surface area contributed by atoms with Crippen molar-refractivity contribution in [1.29, 1.82) is 0 Å². The quantitative estimate of drug-likeness (QED) is 0.171. The van der Waals surface area contributed by atoms with Crippen LogP contribution < -0.4 is 0 Å². The largest absolute Gasteiger partial charge is 0.309 e. The predicted molar refractivity (Wildman–Crippen MR) is 237 cm³/mol. The van der Waals surface area contributed by atoms with Crippen LogP contribution in [0.15, 0.2) is 200 Å². The zero-order valence-corrected chi connectivity index (χ0v) is 31.3. The fourth-order valence-electron chi connectivity index (χ4n) is 8.60. The van der Waals surface area contributed by atoms with Crippen molar-refractivity contribution in [1.82, 2.24) is 19.1 Å². The van der Waals surface area contributed by atoms with Crippen molar-refractivity contribution < 1.29 is 0 Å². The molecular formula is C53H36N4. The summed E-state index contributed by atoms with van der Waals surface area (Å²) in [5.41, 5.74) is 15.1. The van der Waals surface area contributed by atoms with Crippen LogP contribution in [0.4, 0.5) is 0 Å². The lowest BCUT2D eigenvalue weighted by molar-refractivity contribution is 1.15. The summed E-state index contributed by atoms with van der Waals surface area (Å²) in [4.78, 5) is 10.5. The van der Waals surface area contributed by atoms with Gasteiger partial charge in [-0.2, -0.15) is 0 Å². The Kier molecular flexibility index (Phi) is 7.68. The maximum atomic E-state index is 5.26. The third-order valence-electron chi connectivity index (χ3n) is 11.2. The number of hydrogen-bond donors (Lipinski definition) is 0. The number of para-hydroxylation sites is 4. The molecule has 0 aliphatic heterocycles. The van der Waals surface area contributed by atoms with Gasteiger partial charge in [-0.1, -0.05) is 157 Å². The number of fused-ring (bicyclic) bond motifs is 6. The fraction of sp³-hybridized carbons (Fsp3) is 0.0189. The van der Waals surface area contributed by atoms with Gasteiger partial charge in [0, 0.05) is 49.4 Å². The van der Waals surface area contributed by atoms with E-state index in [1.54, 1.807) is 0 Å². The summed E-state index contributed by atoms with van der Waals surface area (Å²) in [5, 5.41) is 4.92. The molecule has 57 heavy (non-hydrogen) atoms. The van der Waals surface area contributed by atoms with E-state index in [2.05, 4.69) is 204 Å². The van der Waals surface area contributed by atoms with Gasteiger partial charge in [0.15, 0.2) is 5.82 Å². The molecule has 0 atom stereocenters. The summed E-state index contributed by atoms with van der Waals surface area (Å²) in [5.74, 6) is 0.676. The SMILES string of the molecule is Cc1ccc2c(c1)c1ccccc1n2-c1cc(-c2nc(-c3ccccc3)cc(-c3ccccc3)n2)ccc1-c1ccccc1-n1c2ccccc2c2ccccc21. The number of aryl methyl sites for hydroxylation is 1. The molecule has 3 heterocycles.